The summed E-state index contributed by atoms with van der Waals surface area (Å²) in [5.41, 5.74) is 0. The quantitative estimate of drug-likeness (QED) is 0.0261. The summed E-state index contributed by atoms with van der Waals surface area (Å²) in [7, 11) is 0. The summed E-state index contributed by atoms with van der Waals surface area (Å²) in [6.07, 6.45) is 92.1. The Hall–Kier alpha value is -3.41. The number of hydrogen-bond donors (Lipinski definition) is 0. The number of carbonyl (C=O) groups excluding carboxylic acids is 3. The molecule has 6 nitrogen and oxygen atoms in total. The first-order valence-electron chi connectivity index (χ1n) is 35.1. The van der Waals surface area contributed by atoms with Crippen LogP contribution in [-0.2, 0) is 28.6 Å². The van der Waals surface area contributed by atoms with Gasteiger partial charge in [-0.25, -0.2) is 0 Å². The SMILES string of the molecule is CC/C=C\C/C=C\C/C=C\C/C=C\C/C=C\CCCCCCCCCCCCCC(=O)OC(COC(=O)CCCCCCCCC)COC(=O)CCCCCCCCCCCCCCCCCCC/C=C\C/C=C\CCCCCCC. The molecule has 6 heteroatoms. The van der Waals surface area contributed by atoms with E-state index in [-0.39, 0.29) is 31.1 Å². The van der Waals surface area contributed by atoms with Crippen molar-refractivity contribution in [1.82, 2.24) is 0 Å². The molecule has 0 aliphatic rings. The average Bonchev–Trinajstić information content (AvgIpc) is 3.46. The van der Waals surface area contributed by atoms with E-state index in [0.29, 0.717) is 19.3 Å². The lowest BCUT2D eigenvalue weighted by Gasteiger charge is -2.18. The maximum Gasteiger partial charge on any atom is 0.306 e. The van der Waals surface area contributed by atoms with Crippen LogP contribution < -0.4 is 0 Å². The van der Waals surface area contributed by atoms with Crippen molar-refractivity contribution in [2.75, 3.05) is 13.2 Å². The summed E-state index contributed by atoms with van der Waals surface area (Å²) < 4.78 is 16.9. The summed E-state index contributed by atoms with van der Waals surface area (Å²) in [4.78, 5) is 38.2. The van der Waals surface area contributed by atoms with Gasteiger partial charge in [0.05, 0.1) is 0 Å². The molecule has 0 amide bonds. The molecule has 81 heavy (non-hydrogen) atoms. The maximum absolute atomic E-state index is 12.9. The highest BCUT2D eigenvalue weighted by atomic mass is 16.6. The second-order valence-corrected chi connectivity index (χ2v) is 23.4. The number of hydrogen-bond acceptors (Lipinski definition) is 6. The fourth-order valence-electron chi connectivity index (χ4n) is 10.2. The molecule has 0 rings (SSSR count). The Labute approximate surface area is 503 Å². The molecule has 0 N–H and O–H groups in total. The molecule has 468 valence electrons. The number of esters is 3. The number of ether oxygens (including phenoxy) is 3. The van der Waals surface area contributed by atoms with E-state index in [1.54, 1.807) is 0 Å². The highest BCUT2D eigenvalue weighted by molar-refractivity contribution is 5.71. The minimum absolute atomic E-state index is 0.0735. The summed E-state index contributed by atoms with van der Waals surface area (Å²) >= 11 is 0. The van der Waals surface area contributed by atoms with Crippen LogP contribution in [0.25, 0.3) is 0 Å². The zero-order valence-corrected chi connectivity index (χ0v) is 53.8. The van der Waals surface area contributed by atoms with Crippen molar-refractivity contribution in [3.63, 3.8) is 0 Å². The Morgan fingerprint density at radius 2 is 0.481 bits per heavy atom. The van der Waals surface area contributed by atoms with Gasteiger partial charge in [-0.05, 0) is 96.3 Å². The van der Waals surface area contributed by atoms with Crippen molar-refractivity contribution >= 4 is 17.9 Å². The topological polar surface area (TPSA) is 78.9 Å². The van der Waals surface area contributed by atoms with E-state index in [4.69, 9.17) is 14.2 Å². The first kappa shape index (κ1) is 77.6. The van der Waals surface area contributed by atoms with Crippen LogP contribution in [-0.4, -0.2) is 37.2 Å². The molecule has 0 fully saturated rings. The van der Waals surface area contributed by atoms with E-state index in [0.717, 1.165) is 96.3 Å². The highest BCUT2D eigenvalue weighted by Crippen LogP contribution is 2.18. The van der Waals surface area contributed by atoms with Gasteiger partial charge in [-0.15, -0.1) is 0 Å². The molecule has 0 aromatic rings. The molecule has 1 unspecified atom stereocenters. The van der Waals surface area contributed by atoms with Crippen molar-refractivity contribution in [3.05, 3.63) is 85.1 Å². The fraction of sp³-hybridized carbons (Fsp3) is 0.773. The number of rotatable bonds is 64. The average molecular weight is 1130 g/mol. The van der Waals surface area contributed by atoms with Crippen LogP contribution in [0.3, 0.4) is 0 Å². The lowest BCUT2D eigenvalue weighted by atomic mass is 10.0. The summed E-state index contributed by atoms with van der Waals surface area (Å²) in [6, 6.07) is 0. The van der Waals surface area contributed by atoms with Gasteiger partial charge in [0.25, 0.3) is 0 Å². The summed E-state index contributed by atoms with van der Waals surface area (Å²) in [5, 5.41) is 0. The van der Waals surface area contributed by atoms with Crippen LogP contribution in [0.2, 0.25) is 0 Å². The van der Waals surface area contributed by atoms with Crippen molar-refractivity contribution in [1.29, 1.82) is 0 Å². The third-order valence-electron chi connectivity index (χ3n) is 15.4. The van der Waals surface area contributed by atoms with Gasteiger partial charge in [0, 0.05) is 19.3 Å². The standard InChI is InChI=1S/C75H132O6/c1-4-7-10-13-16-18-20-22-24-26-28-30-32-34-36-37-39-40-42-44-46-48-50-52-54-56-59-62-65-68-74(77)80-71-72(70-79-73(76)67-64-61-58-15-12-9-6-3)81-75(78)69-66-63-60-57-55-53-51-49-47-45-43-41-38-35-33-31-29-27-25-23-21-19-17-14-11-8-5-2/h8,11,17,19-20,22-23,25-26,28-29,31,35,38,72H,4-7,9-10,12-16,18,21,24,27,30,32-34,36-37,39-71H2,1-3H3/b11-8-,19-17-,22-20-,25-23-,28-26-,31-29-,38-35-. The molecule has 0 saturated heterocycles. The molecule has 0 spiro atoms. The molecular weight excluding hydrogens is 997 g/mol. The molecule has 1 atom stereocenters. The summed E-state index contributed by atoms with van der Waals surface area (Å²) in [5.74, 6) is -0.867. The first-order chi connectivity index (χ1) is 40.0. The van der Waals surface area contributed by atoms with Gasteiger partial charge in [-0.2, -0.15) is 0 Å². The highest BCUT2D eigenvalue weighted by Gasteiger charge is 2.19. The molecule has 0 aliphatic heterocycles. The van der Waals surface area contributed by atoms with E-state index < -0.39 is 6.10 Å². The first-order valence-corrected chi connectivity index (χ1v) is 35.1. The summed E-state index contributed by atoms with van der Waals surface area (Å²) in [6.45, 7) is 6.51. The third kappa shape index (κ3) is 67.3. The van der Waals surface area contributed by atoms with E-state index in [2.05, 4.69) is 106 Å². The predicted octanol–water partition coefficient (Wildman–Crippen LogP) is 24.2. The lowest BCUT2D eigenvalue weighted by molar-refractivity contribution is -0.167. The van der Waals surface area contributed by atoms with E-state index in [1.807, 2.05) is 0 Å². The van der Waals surface area contributed by atoms with Crippen molar-refractivity contribution in [3.8, 4) is 0 Å². The minimum Gasteiger partial charge on any atom is -0.462 e. The predicted molar refractivity (Wildman–Crippen MR) is 353 cm³/mol. The van der Waals surface area contributed by atoms with Crippen LogP contribution in [0, 0.1) is 0 Å². The molecule has 0 aromatic heterocycles. The van der Waals surface area contributed by atoms with Crippen LogP contribution in [0.15, 0.2) is 85.1 Å². The molecule has 0 radical (unpaired) electrons. The van der Waals surface area contributed by atoms with E-state index in [1.165, 1.54) is 218 Å². The van der Waals surface area contributed by atoms with Gasteiger partial charge in [-0.3, -0.25) is 14.4 Å². The van der Waals surface area contributed by atoms with Crippen molar-refractivity contribution in [2.45, 2.75) is 361 Å². The van der Waals surface area contributed by atoms with Crippen LogP contribution in [0.5, 0.6) is 0 Å². The largest absolute Gasteiger partial charge is 0.462 e. The van der Waals surface area contributed by atoms with Gasteiger partial charge in [0.2, 0.25) is 0 Å². The number of unbranched alkanes of at least 4 members (excludes halogenated alkanes) is 39. The molecule has 0 aliphatic carbocycles. The van der Waals surface area contributed by atoms with Gasteiger partial charge < -0.3 is 14.2 Å². The van der Waals surface area contributed by atoms with Crippen molar-refractivity contribution in [2.24, 2.45) is 0 Å². The zero-order valence-electron chi connectivity index (χ0n) is 53.8. The molecule has 0 bridgehead atoms. The smallest absolute Gasteiger partial charge is 0.306 e. The van der Waals surface area contributed by atoms with E-state index >= 15 is 0 Å². The van der Waals surface area contributed by atoms with Crippen LogP contribution >= 0.6 is 0 Å². The second kappa shape index (κ2) is 69.1. The Kier molecular flexibility index (Phi) is 66.2. The van der Waals surface area contributed by atoms with Gasteiger partial charge in [-0.1, -0.05) is 324 Å². The van der Waals surface area contributed by atoms with Gasteiger partial charge in [0.15, 0.2) is 6.10 Å². The molecular formula is C75H132O6. The Morgan fingerprint density at radius 1 is 0.259 bits per heavy atom. The van der Waals surface area contributed by atoms with Gasteiger partial charge >= 0.3 is 17.9 Å². The second-order valence-electron chi connectivity index (χ2n) is 23.4. The normalized spacial score (nSPS) is 12.6. The van der Waals surface area contributed by atoms with E-state index in [9.17, 15) is 14.4 Å². The van der Waals surface area contributed by atoms with Crippen LogP contribution in [0.4, 0.5) is 0 Å². The van der Waals surface area contributed by atoms with Crippen molar-refractivity contribution < 1.29 is 28.6 Å². The third-order valence-corrected chi connectivity index (χ3v) is 15.4. The molecule has 0 saturated carbocycles. The lowest BCUT2D eigenvalue weighted by Crippen LogP contribution is -2.30. The molecule has 0 aromatic carbocycles. The monoisotopic (exact) mass is 1130 g/mol. The Morgan fingerprint density at radius 3 is 0.753 bits per heavy atom. The maximum atomic E-state index is 12.9. The minimum atomic E-state index is -0.775. The number of carbonyl (C=O) groups is 3. The molecule has 0 heterocycles. The Balaban J connectivity index is 4.06. The Bertz CT molecular complexity index is 1530. The number of allylic oxidation sites excluding steroid dienone is 14. The van der Waals surface area contributed by atoms with Crippen LogP contribution in [0.1, 0.15) is 355 Å². The zero-order chi connectivity index (χ0) is 58.5. The fourth-order valence-corrected chi connectivity index (χ4v) is 10.2. The van der Waals surface area contributed by atoms with Gasteiger partial charge in [0.1, 0.15) is 13.2 Å².